The van der Waals surface area contributed by atoms with Crippen molar-refractivity contribution in [1.82, 2.24) is 0 Å². The lowest BCUT2D eigenvalue weighted by Crippen LogP contribution is -1.79. The van der Waals surface area contributed by atoms with Crippen LogP contribution in [0.5, 0.6) is 0 Å². The zero-order valence-corrected chi connectivity index (χ0v) is 11.1. The molecule has 16 heavy (non-hydrogen) atoms. The maximum absolute atomic E-state index is 3.86. The van der Waals surface area contributed by atoms with Crippen molar-refractivity contribution < 1.29 is 0 Å². The van der Waals surface area contributed by atoms with Gasteiger partial charge in [-0.05, 0) is 26.2 Å². The Morgan fingerprint density at radius 2 is 1.38 bits per heavy atom. The fourth-order valence-electron chi connectivity index (χ4n) is 1.75. The number of rotatable bonds is 11. The van der Waals surface area contributed by atoms with Crippen LogP contribution in [-0.4, -0.2) is 0 Å². The number of hydrogen-bond acceptors (Lipinski definition) is 0. The third kappa shape index (κ3) is 13.5. The number of hydrogen-bond donors (Lipinski definition) is 0. The highest BCUT2D eigenvalue weighted by atomic mass is 14.0. The van der Waals surface area contributed by atoms with Crippen molar-refractivity contribution in [2.45, 2.75) is 71.1 Å². The van der Waals surface area contributed by atoms with Crippen molar-refractivity contribution in [3.8, 4) is 0 Å². The first kappa shape index (κ1) is 15.5. The average Bonchev–Trinajstić information content (AvgIpc) is 2.31. The molecule has 1 radical (unpaired) electrons. The van der Waals surface area contributed by atoms with E-state index in [0.717, 1.165) is 12.8 Å². The van der Waals surface area contributed by atoms with Crippen molar-refractivity contribution >= 4 is 0 Å². The highest BCUT2D eigenvalue weighted by Crippen LogP contribution is 2.09. The molecule has 0 aromatic carbocycles. The molecule has 0 atom stereocenters. The largest absolute Gasteiger partial charge is 0.0914 e. The van der Waals surface area contributed by atoms with Gasteiger partial charge in [0.25, 0.3) is 0 Å². The van der Waals surface area contributed by atoms with Gasteiger partial charge in [0.15, 0.2) is 0 Å². The van der Waals surface area contributed by atoms with Gasteiger partial charge in [-0.25, -0.2) is 0 Å². The monoisotopic (exact) mass is 221 g/mol. The second-order valence-electron chi connectivity index (χ2n) is 4.39. The van der Waals surface area contributed by atoms with Gasteiger partial charge in [-0.3, -0.25) is 0 Å². The van der Waals surface area contributed by atoms with Gasteiger partial charge in [-0.2, -0.15) is 0 Å². The second kappa shape index (κ2) is 14.5. The average molecular weight is 221 g/mol. The molecule has 0 rings (SSSR count). The first-order valence-electron chi connectivity index (χ1n) is 6.97. The minimum atomic E-state index is 1.10. The molecular formula is C16H29. The van der Waals surface area contributed by atoms with E-state index in [-0.39, 0.29) is 0 Å². The standard InChI is InChI=1S/C16H29/c1-3-5-7-9-11-13-15-16-14-12-10-8-6-4-2/h4,6,10,12H,1,3,5,7-9,11,13-16H2,2H3. The van der Waals surface area contributed by atoms with Crippen molar-refractivity contribution in [3.05, 3.63) is 31.2 Å². The van der Waals surface area contributed by atoms with Gasteiger partial charge in [-0.15, -0.1) is 0 Å². The van der Waals surface area contributed by atoms with E-state index in [9.17, 15) is 0 Å². The van der Waals surface area contributed by atoms with E-state index >= 15 is 0 Å². The first-order chi connectivity index (χ1) is 7.91. The Labute approximate surface area is 103 Å². The molecule has 0 nitrogen and oxygen atoms in total. The van der Waals surface area contributed by atoms with Crippen molar-refractivity contribution in [2.24, 2.45) is 0 Å². The Bertz CT molecular complexity index is 165. The third-order valence-electron chi connectivity index (χ3n) is 2.80. The molecule has 0 aromatic heterocycles. The molecule has 93 valence electrons. The van der Waals surface area contributed by atoms with E-state index in [1.165, 1.54) is 51.4 Å². The van der Waals surface area contributed by atoms with E-state index in [2.05, 4.69) is 38.2 Å². The summed E-state index contributed by atoms with van der Waals surface area (Å²) in [7, 11) is 0. The summed E-state index contributed by atoms with van der Waals surface area (Å²) < 4.78 is 0. The molecule has 0 heterocycles. The van der Waals surface area contributed by atoms with Gasteiger partial charge < -0.3 is 0 Å². The highest BCUT2D eigenvalue weighted by Gasteiger charge is 1.89. The third-order valence-corrected chi connectivity index (χ3v) is 2.80. The van der Waals surface area contributed by atoms with E-state index in [0.29, 0.717) is 0 Å². The predicted octanol–water partition coefficient (Wildman–Crippen LogP) is 5.85. The van der Waals surface area contributed by atoms with Gasteiger partial charge in [0, 0.05) is 0 Å². The molecule has 0 amide bonds. The maximum Gasteiger partial charge on any atom is -0.0169 e. The molecule has 0 aliphatic rings. The van der Waals surface area contributed by atoms with Crippen molar-refractivity contribution in [1.29, 1.82) is 0 Å². The topological polar surface area (TPSA) is 0 Å². The van der Waals surface area contributed by atoms with Crippen LogP contribution in [0.4, 0.5) is 0 Å². The highest BCUT2D eigenvalue weighted by molar-refractivity contribution is 4.91. The summed E-state index contributed by atoms with van der Waals surface area (Å²) in [6.07, 6.45) is 22.1. The maximum atomic E-state index is 3.86. The normalized spacial score (nSPS) is 11.9. The lowest BCUT2D eigenvalue weighted by molar-refractivity contribution is 0.583. The zero-order valence-electron chi connectivity index (χ0n) is 11.1. The Morgan fingerprint density at radius 3 is 2.00 bits per heavy atom. The SMILES string of the molecule is [CH2]CCCCCCCCCC=CCC=CC. The fourth-order valence-corrected chi connectivity index (χ4v) is 1.75. The molecule has 0 saturated heterocycles. The summed E-state index contributed by atoms with van der Waals surface area (Å²) in [6.45, 7) is 5.93. The molecule has 0 saturated carbocycles. The van der Waals surface area contributed by atoms with Crippen LogP contribution >= 0.6 is 0 Å². The Balaban J connectivity index is 3.00. The molecule has 0 heteroatoms. The molecule has 0 aliphatic carbocycles. The van der Waals surface area contributed by atoms with Crippen LogP contribution in [0.1, 0.15) is 71.1 Å². The lowest BCUT2D eigenvalue weighted by atomic mass is 10.1. The van der Waals surface area contributed by atoms with E-state index in [1.807, 2.05) is 0 Å². The summed E-state index contributed by atoms with van der Waals surface area (Å²) >= 11 is 0. The Kier molecular flexibility index (Phi) is 14.0. The number of allylic oxidation sites excluding steroid dienone is 4. The smallest absolute Gasteiger partial charge is 0.0169 e. The van der Waals surface area contributed by atoms with Crippen LogP contribution in [0.3, 0.4) is 0 Å². The lowest BCUT2D eigenvalue weighted by Gasteiger charge is -1.99. The first-order valence-corrected chi connectivity index (χ1v) is 6.97. The Hall–Kier alpha value is -0.520. The van der Waals surface area contributed by atoms with Crippen molar-refractivity contribution in [3.63, 3.8) is 0 Å². The van der Waals surface area contributed by atoms with Crippen LogP contribution in [0, 0.1) is 6.92 Å². The van der Waals surface area contributed by atoms with Gasteiger partial charge in [0.2, 0.25) is 0 Å². The van der Waals surface area contributed by atoms with E-state index in [1.54, 1.807) is 0 Å². The van der Waals surface area contributed by atoms with Gasteiger partial charge in [0.05, 0.1) is 0 Å². The fraction of sp³-hybridized carbons (Fsp3) is 0.688. The van der Waals surface area contributed by atoms with Crippen LogP contribution < -0.4 is 0 Å². The van der Waals surface area contributed by atoms with Gasteiger partial charge in [-0.1, -0.05) is 76.2 Å². The van der Waals surface area contributed by atoms with Crippen LogP contribution in [0.2, 0.25) is 0 Å². The molecule has 0 unspecified atom stereocenters. The molecule has 0 N–H and O–H groups in total. The quantitative estimate of drug-likeness (QED) is 0.303. The summed E-state index contributed by atoms with van der Waals surface area (Å²) in [6, 6.07) is 0. The van der Waals surface area contributed by atoms with Crippen LogP contribution in [-0.2, 0) is 0 Å². The molecule has 0 aliphatic heterocycles. The van der Waals surface area contributed by atoms with Crippen molar-refractivity contribution in [2.75, 3.05) is 0 Å². The molecule has 0 fully saturated rings. The summed E-state index contributed by atoms with van der Waals surface area (Å²) in [4.78, 5) is 0. The van der Waals surface area contributed by atoms with Crippen LogP contribution in [0.15, 0.2) is 24.3 Å². The van der Waals surface area contributed by atoms with Gasteiger partial charge in [0.1, 0.15) is 0 Å². The zero-order chi connectivity index (χ0) is 11.9. The molecule has 0 bridgehead atoms. The van der Waals surface area contributed by atoms with Crippen LogP contribution in [0.25, 0.3) is 0 Å². The number of unbranched alkanes of at least 4 members (excludes halogenated alkanes) is 8. The minimum Gasteiger partial charge on any atom is -0.0914 e. The summed E-state index contributed by atoms with van der Waals surface area (Å²) in [5.74, 6) is 0. The summed E-state index contributed by atoms with van der Waals surface area (Å²) in [5, 5.41) is 0. The molecular weight excluding hydrogens is 192 g/mol. The molecule has 0 spiro atoms. The predicted molar refractivity (Wildman–Crippen MR) is 75.5 cm³/mol. The Morgan fingerprint density at radius 1 is 0.750 bits per heavy atom. The second-order valence-corrected chi connectivity index (χ2v) is 4.39. The van der Waals surface area contributed by atoms with E-state index < -0.39 is 0 Å². The van der Waals surface area contributed by atoms with E-state index in [4.69, 9.17) is 0 Å². The minimum absolute atomic E-state index is 1.10. The summed E-state index contributed by atoms with van der Waals surface area (Å²) in [5.41, 5.74) is 0. The van der Waals surface area contributed by atoms with Gasteiger partial charge >= 0.3 is 0 Å². The molecule has 0 aromatic rings.